The largest absolute Gasteiger partial charge is 0.494 e. The van der Waals surface area contributed by atoms with Crippen molar-refractivity contribution in [3.63, 3.8) is 0 Å². The number of carbonyl (C=O) groups is 1. The lowest BCUT2D eigenvalue weighted by atomic mass is 10.1. The van der Waals surface area contributed by atoms with E-state index in [1.807, 2.05) is 18.2 Å². The minimum absolute atomic E-state index is 0.0902. The Labute approximate surface area is 139 Å². The van der Waals surface area contributed by atoms with Gasteiger partial charge < -0.3 is 14.8 Å². The number of methoxy groups -OCH3 is 2. The summed E-state index contributed by atoms with van der Waals surface area (Å²) in [5, 5.41) is 3.27. The number of nitrogens with one attached hydrogen (secondary N) is 1. The van der Waals surface area contributed by atoms with Crippen LogP contribution >= 0.6 is 11.6 Å². The first-order valence-corrected chi connectivity index (χ1v) is 7.33. The molecule has 0 aliphatic rings. The third-order valence-electron chi connectivity index (χ3n) is 3.40. The molecule has 2 aromatic rings. The van der Waals surface area contributed by atoms with Crippen LogP contribution in [0, 0.1) is 5.82 Å². The Morgan fingerprint density at radius 3 is 2.61 bits per heavy atom. The number of halogens is 2. The summed E-state index contributed by atoms with van der Waals surface area (Å²) in [4.78, 5) is 12.1. The van der Waals surface area contributed by atoms with Gasteiger partial charge in [0.2, 0.25) is 0 Å². The van der Waals surface area contributed by atoms with Crippen LogP contribution in [-0.2, 0) is 4.74 Å². The lowest BCUT2D eigenvalue weighted by Crippen LogP contribution is -2.29. The van der Waals surface area contributed by atoms with Gasteiger partial charge in [-0.1, -0.05) is 29.8 Å². The molecule has 1 N–H and O–H groups in total. The fourth-order valence-corrected chi connectivity index (χ4v) is 2.41. The molecule has 2 rings (SSSR count). The number of amides is 1. The fraction of sp³-hybridized carbons (Fsp3) is 0.235. The van der Waals surface area contributed by atoms with Crippen molar-refractivity contribution in [2.45, 2.75) is 6.10 Å². The van der Waals surface area contributed by atoms with Crippen LogP contribution in [0.4, 0.5) is 4.39 Å². The third-order valence-corrected chi connectivity index (χ3v) is 3.74. The van der Waals surface area contributed by atoms with Crippen molar-refractivity contribution in [1.29, 1.82) is 0 Å². The molecule has 0 aliphatic heterocycles. The molecule has 0 radical (unpaired) electrons. The Balaban J connectivity index is 2.05. The molecule has 1 amide bonds. The summed E-state index contributed by atoms with van der Waals surface area (Å²) >= 11 is 6.13. The molecule has 1 atom stereocenters. The standard InChI is InChI=1S/C17H17ClFNO3/c1-22-15-8-7-11(9-14(15)19)17(21)20-10-16(23-2)12-5-3-4-6-13(12)18/h3-9,16H,10H2,1-2H3,(H,20,21)/t16-/m0/s1. The zero-order chi connectivity index (χ0) is 16.8. The minimum atomic E-state index is -0.588. The van der Waals surface area contributed by atoms with Gasteiger partial charge in [0.1, 0.15) is 6.10 Å². The Morgan fingerprint density at radius 2 is 2.00 bits per heavy atom. The number of ether oxygens (including phenoxy) is 2. The second kappa shape index (κ2) is 7.94. The van der Waals surface area contributed by atoms with E-state index in [1.54, 1.807) is 6.07 Å². The van der Waals surface area contributed by atoms with Gasteiger partial charge in [-0.05, 0) is 24.3 Å². The SMILES string of the molecule is COc1ccc(C(=O)NC[C@H](OC)c2ccccc2Cl)cc1F. The molecule has 0 heterocycles. The van der Waals surface area contributed by atoms with Gasteiger partial charge in [-0.3, -0.25) is 4.79 Å². The molecular weight excluding hydrogens is 321 g/mol. The second-order valence-corrected chi connectivity index (χ2v) is 5.21. The van der Waals surface area contributed by atoms with Crippen LogP contribution < -0.4 is 10.1 Å². The van der Waals surface area contributed by atoms with Gasteiger partial charge >= 0.3 is 0 Å². The summed E-state index contributed by atoms with van der Waals surface area (Å²) in [6, 6.07) is 11.3. The Bertz CT molecular complexity index is 693. The van der Waals surface area contributed by atoms with Crippen LogP contribution in [-0.4, -0.2) is 26.7 Å². The maximum absolute atomic E-state index is 13.6. The van der Waals surface area contributed by atoms with Crippen molar-refractivity contribution in [3.05, 3.63) is 64.4 Å². The van der Waals surface area contributed by atoms with Crippen LogP contribution in [0.25, 0.3) is 0 Å². The summed E-state index contributed by atoms with van der Waals surface area (Å²) < 4.78 is 23.8. The van der Waals surface area contributed by atoms with Crippen molar-refractivity contribution >= 4 is 17.5 Å². The molecule has 0 saturated carbocycles. The first-order chi connectivity index (χ1) is 11.1. The van der Waals surface area contributed by atoms with Gasteiger partial charge in [0.15, 0.2) is 11.6 Å². The summed E-state index contributed by atoms with van der Waals surface area (Å²) in [6.45, 7) is 0.215. The van der Waals surface area contributed by atoms with E-state index in [9.17, 15) is 9.18 Å². The van der Waals surface area contributed by atoms with Crippen LogP contribution in [0.15, 0.2) is 42.5 Å². The number of hydrogen-bond acceptors (Lipinski definition) is 3. The highest BCUT2D eigenvalue weighted by atomic mass is 35.5. The van der Waals surface area contributed by atoms with Gasteiger partial charge in [0, 0.05) is 29.8 Å². The van der Waals surface area contributed by atoms with Crippen molar-refractivity contribution in [1.82, 2.24) is 5.32 Å². The van der Waals surface area contributed by atoms with E-state index in [1.165, 1.54) is 26.4 Å². The number of rotatable bonds is 6. The number of hydrogen-bond donors (Lipinski definition) is 1. The highest BCUT2D eigenvalue weighted by Crippen LogP contribution is 2.24. The molecule has 0 fully saturated rings. The molecule has 0 bridgehead atoms. The van der Waals surface area contributed by atoms with Gasteiger partial charge in [-0.15, -0.1) is 0 Å². The molecule has 0 spiro atoms. The van der Waals surface area contributed by atoms with Gasteiger partial charge in [0.25, 0.3) is 5.91 Å². The lowest BCUT2D eigenvalue weighted by molar-refractivity contribution is 0.0828. The maximum atomic E-state index is 13.6. The van der Waals surface area contributed by atoms with E-state index in [4.69, 9.17) is 21.1 Å². The Morgan fingerprint density at radius 1 is 1.26 bits per heavy atom. The molecule has 23 heavy (non-hydrogen) atoms. The van der Waals surface area contributed by atoms with E-state index in [0.29, 0.717) is 5.02 Å². The summed E-state index contributed by atoms with van der Waals surface area (Å²) in [5.41, 5.74) is 0.982. The summed E-state index contributed by atoms with van der Waals surface area (Å²) in [7, 11) is 2.90. The predicted octanol–water partition coefficient (Wildman–Crippen LogP) is 3.61. The molecule has 4 nitrogen and oxygen atoms in total. The zero-order valence-electron chi connectivity index (χ0n) is 12.8. The second-order valence-electron chi connectivity index (χ2n) is 4.81. The number of carbonyl (C=O) groups excluding carboxylic acids is 1. The van der Waals surface area contributed by atoms with Gasteiger partial charge in [0.05, 0.1) is 7.11 Å². The van der Waals surface area contributed by atoms with E-state index < -0.39 is 17.8 Å². The smallest absolute Gasteiger partial charge is 0.251 e. The molecule has 0 aliphatic carbocycles. The molecule has 122 valence electrons. The predicted molar refractivity (Wildman–Crippen MR) is 86.5 cm³/mol. The molecule has 2 aromatic carbocycles. The van der Waals surface area contributed by atoms with Crippen LogP contribution in [0.1, 0.15) is 22.0 Å². The van der Waals surface area contributed by atoms with Crippen LogP contribution in [0.2, 0.25) is 5.02 Å². The normalized spacial score (nSPS) is 11.8. The van der Waals surface area contributed by atoms with E-state index in [-0.39, 0.29) is 17.9 Å². The van der Waals surface area contributed by atoms with Gasteiger partial charge in [-0.25, -0.2) is 4.39 Å². The monoisotopic (exact) mass is 337 g/mol. The quantitative estimate of drug-likeness (QED) is 0.876. The maximum Gasteiger partial charge on any atom is 0.251 e. The Hall–Kier alpha value is -2.11. The van der Waals surface area contributed by atoms with Crippen LogP contribution in [0.5, 0.6) is 5.75 Å². The molecule has 0 saturated heterocycles. The minimum Gasteiger partial charge on any atom is -0.494 e. The summed E-state index contributed by atoms with van der Waals surface area (Å²) in [5.74, 6) is -0.900. The molecular formula is C17H17ClFNO3. The van der Waals surface area contributed by atoms with E-state index in [0.717, 1.165) is 11.6 Å². The average Bonchev–Trinajstić information content (AvgIpc) is 2.56. The topological polar surface area (TPSA) is 47.6 Å². The molecule has 6 heteroatoms. The van der Waals surface area contributed by atoms with E-state index in [2.05, 4.69) is 5.32 Å². The van der Waals surface area contributed by atoms with Crippen LogP contribution in [0.3, 0.4) is 0 Å². The lowest BCUT2D eigenvalue weighted by Gasteiger charge is -2.18. The van der Waals surface area contributed by atoms with Crippen molar-refractivity contribution < 1.29 is 18.7 Å². The molecule has 0 aromatic heterocycles. The molecule has 0 unspecified atom stereocenters. The van der Waals surface area contributed by atoms with E-state index >= 15 is 0 Å². The fourth-order valence-electron chi connectivity index (χ4n) is 2.15. The van der Waals surface area contributed by atoms with Gasteiger partial charge in [-0.2, -0.15) is 0 Å². The summed E-state index contributed by atoms with van der Waals surface area (Å²) in [6.07, 6.45) is -0.393. The highest BCUT2D eigenvalue weighted by molar-refractivity contribution is 6.31. The third kappa shape index (κ3) is 4.21. The average molecular weight is 338 g/mol. The zero-order valence-corrected chi connectivity index (χ0v) is 13.6. The van der Waals surface area contributed by atoms with Crippen molar-refractivity contribution in [2.24, 2.45) is 0 Å². The highest BCUT2D eigenvalue weighted by Gasteiger charge is 2.16. The van der Waals surface area contributed by atoms with Crippen molar-refractivity contribution in [2.75, 3.05) is 20.8 Å². The van der Waals surface area contributed by atoms with Crippen molar-refractivity contribution in [3.8, 4) is 5.75 Å². The Kier molecular flexibility index (Phi) is 5.96. The first-order valence-electron chi connectivity index (χ1n) is 6.95. The first kappa shape index (κ1) is 17.2. The number of benzene rings is 2.